The summed E-state index contributed by atoms with van der Waals surface area (Å²) in [4.78, 5) is 0. The van der Waals surface area contributed by atoms with E-state index in [1.54, 1.807) is 0 Å². The Morgan fingerprint density at radius 2 is 2.00 bits per heavy atom. The number of para-hydroxylation sites is 1. The van der Waals surface area contributed by atoms with Crippen LogP contribution in [0.25, 0.3) is 0 Å². The van der Waals surface area contributed by atoms with Crippen LogP contribution in [0, 0.1) is 6.92 Å². The van der Waals surface area contributed by atoms with Gasteiger partial charge in [0.15, 0.2) is 0 Å². The summed E-state index contributed by atoms with van der Waals surface area (Å²) < 4.78 is 0. The van der Waals surface area contributed by atoms with E-state index in [0.717, 1.165) is 0 Å². The number of hydrogen-bond acceptors (Lipinski definition) is 1. The molecule has 0 bridgehead atoms. The second-order valence-electron chi connectivity index (χ2n) is 5.31. The SMILES string of the molecule is [B]C1CCC2Nc3c(C)cccc3C2CC1. The Balaban J connectivity index is 1.95. The molecule has 1 N–H and O–H groups in total. The third-order valence-corrected chi connectivity index (χ3v) is 4.22. The van der Waals surface area contributed by atoms with Crippen LogP contribution in [0.4, 0.5) is 5.69 Å². The van der Waals surface area contributed by atoms with Crippen LogP contribution in [0.1, 0.15) is 42.7 Å². The Morgan fingerprint density at radius 3 is 2.88 bits per heavy atom. The van der Waals surface area contributed by atoms with Crippen molar-refractivity contribution in [3.05, 3.63) is 29.3 Å². The van der Waals surface area contributed by atoms with Gasteiger partial charge in [0.25, 0.3) is 0 Å². The van der Waals surface area contributed by atoms with Crippen molar-refractivity contribution in [1.82, 2.24) is 0 Å². The molecule has 3 unspecified atom stereocenters. The second kappa shape index (κ2) is 3.83. The summed E-state index contributed by atoms with van der Waals surface area (Å²) in [6.07, 6.45) is 4.81. The largest absolute Gasteiger partial charge is 0.381 e. The topological polar surface area (TPSA) is 12.0 Å². The zero-order chi connectivity index (χ0) is 11.1. The highest BCUT2D eigenvalue weighted by molar-refractivity contribution is 6.11. The molecule has 0 aromatic heterocycles. The molecule has 2 heteroatoms. The maximum atomic E-state index is 6.06. The fraction of sp³-hybridized carbons (Fsp3) is 0.571. The van der Waals surface area contributed by atoms with Gasteiger partial charge in [-0.25, -0.2) is 0 Å². The zero-order valence-electron chi connectivity index (χ0n) is 9.87. The third-order valence-electron chi connectivity index (χ3n) is 4.22. The van der Waals surface area contributed by atoms with Crippen molar-refractivity contribution in [2.45, 2.75) is 50.4 Å². The molecule has 1 aliphatic heterocycles. The third kappa shape index (κ3) is 1.55. The van der Waals surface area contributed by atoms with Crippen molar-refractivity contribution in [2.75, 3.05) is 5.32 Å². The molecule has 1 aromatic rings. The monoisotopic (exact) mass is 211 g/mol. The van der Waals surface area contributed by atoms with Gasteiger partial charge in [-0.15, -0.1) is 0 Å². The highest BCUT2D eigenvalue weighted by atomic mass is 15.0. The standard InChI is InChI=1S/C14H18BN/c1-9-3-2-4-12-11-7-5-10(15)6-8-13(11)16-14(9)12/h2-4,10-11,13,16H,5-8H2,1H3. The molecule has 3 rings (SSSR count). The van der Waals surface area contributed by atoms with Crippen molar-refractivity contribution in [3.63, 3.8) is 0 Å². The summed E-state index contributed by atoms with van der Waals surface area (Å²) in [6, 6.07) is 7.30. The molecule has 1 heterocycles. The fourth-order valence-electron chi connectivity index (χ4n) is 3.26. The van der Waals surface area contributed by atoms with Crippen LogP contribution in [0.3, 0.4) is 0 Å². The summed E-state index contributed by atoms with van der Waals surface area (Å²) in [5.41, 5.74) is 4.31. The lowest BCUT2D eigenvalue weighted by Gasteiger charge is -2.16. The molecule has 3 atom stereocenters. The Kier molecular flexibility index (Phi) is 2.46. The first-order valence-corrected chi connectivity index (χ1v) is 6.37. The molecular formula is C14H18BN. The molecule has 1 fully saturated rings. The average molecular weight is 211 g/mol. The number of anilines is 1. The maximum Gasteiger partial charge on any atom is 0.0699 e. The van der Waals surface area contributed by atoms with Crippen LogP contribution in [0.5, 0.6) is 0 Å². The summed E-state index contributed by atoms with van der Waals surface area (Å²) in [7, 11) is 6.06. The number of hydrogen-bond donors (Lipinski definition) is 1. The molecule has 2 aliphatic rings. The summed E-state index contributed by atoms with van der Waals surface area (Å²) in [6.45, 7) is 2.20. The zero-order valence-corrected chi connectivity index (χ0v) is 9.87. The number of nitrogens with one attached hydrogen (secondary N) is 1. The van der Waals surface area contributed by atoms with Crippen molar-refractivity contribution in [3.8, 4) is 0 Å². The van der Waals surface area contributed by atoms with Crippen LogP contribution in [-0.2, 0) is 0 Å². The summed E-state index contributed by atoms with van der Waals surface area (Å²) >= 11 is 0. The van der Waals surface area contributed by atoms with Gasteiger partial charge in [0.1, 0.15) is 0 Å². The van der Waals surface area contributed by atoms with Gasteiger partial charge >= 0.3 is 0 Å². The average Bonchev–Trinajstić information content (AvgIpc) is 2.53. The minimum Gasteiger partial charge on any atom is -0.381 e. The molecule has 1 aliphatic carbocycles. The molecule has 16 heavy (non-hydrogen) atoms. The Morgan fingerprint density at radius 1 is 1.19 bits per heavy atom. The normalized spacial score (nSPS) is 32.4. The quantitative estimate of drug-likeness (QED) is 0.648. The molecular weight excluding hydrogens is 193 g/mol. The molecule has 1 aromatic carbocycles. The molecule has 82 valence electrons. The van der Waals surface area contributed by atoms with Gasteiger partial charge < -0.3 is 5.32 Å². The van der Waals surface area contributed by atoms with E-state index in [-0.39, 0.29) is 0 Å². The highest BCUT2D eigenvalue weighted by Gasteiger charge is 2.34. The maximum absolute atomic E-state index is 6.06. The smallest absolute Gasteiger partial charge is 0.0699 e. The molecule has 0 spiro atoms. The Hall–Kier alpha value is -0.915. The van der Waals surface area contributed by atoms with Crippen molar-refractivity contribution in [1.29, 1.82) is 0 Å². The first-order chi connectivity index (χ1) is 7.75. The minimum atomic E-state index is 0.417. The second-order valence-corrected chi connectivity index (χ2v) is 5.31. The predicted molar refractivity (Wildman–Crippen MR) is 69.3 cm³/mol. The minimum absolute atomic E-state index is 0.417. The molecule has 2 radical (unpaired) electrons. The van der Waals surface area contributed by atoms with E-state index >= 15 is 0 Å². The van der Waals surface area contributed by atoms with E-state index < -0.39 is 0 Å². The van der Waals surface area contributed by atoms with Crippen molar-refractivity contribution in [2.24, 2.45) is 0 Å². The van der Waals surface area contributed by atoms with E-state index in [1.165, 1.54) is 42.5 Å². The van der Waals surface area contributed by atoms with E-state index in [0.29, 0.717) is 17.8 Å². The van der Waals surface area contributed by atoms with Crippen molar-refractivity contribution >= 4 is 13.5 Å². The van der Waals surface area contributed by atoms with Gasteiger partial charge in [-0.3, -0.25) is 0 Å². The van der Waals surface area contributed by atoms with Gasteiger partial charge in [-0.1, -0.05) is 36.9 Å². The predicted octanol–water partition coefficient (Wildman–Crippen LogP) is 3.40. The van der Waals surface area contributed by atoms with Crippen LogP contribution in [-0.4, -0.2) is 13.9 Å². The lowest BCUT2D eigenvalue weighted by Crippen LogP contribution is -2.18. The van der Waals surface area contributed by atoms with Gasteiger partial charge in [0.2, 0.25) is 0 Å². The number of benzene rings is 1. The van der Waals surface area contributed by atoms with E-state index in [2.05, 4.69) is 30.4 Å². The summed E-state index contributed by atoms with van der Waals surface area (Å²) in [5.74, 6) is 1.11. The van der Waals surface area contributed by atoms with Crippen molar-refractivity contribution < 1.29 is 0 Å². The number of aryl methyl sites for hydroxylation is 1. The number of fused-ring (bicyclic) bond motifs is 3. The molecule has 1 saturated carbocycles. The number of rotatable bonds is 0. The Labute approximate surface area is 99.0 Å². The van der Waals surface area contributed by atoms with Gasteiger partial charge in [0.05, 0.1) is 7.85 Å². The van der Waals surface area contributed by atoms with Gasteiger partial charge in [-0.2, -0.15) is 0 Å². The van der Waals surface area contributed by atoms with Gasteiger partial charge in [0, 0.05) is 17.6 Å². The fourth-order valence-corrected chi connectivity index (χ4v) is 3.26. The first-order valence-electron chi connectivity index (χ1n) is 6.37. The van der Waals surface area contributed by atoms with E-state index in [1.807, 2.05) is 0 Å². The highest BCUT2D eigenvalue weighted by Crippen LogP contribution is 2.45. The lowest BCUT2D eigenvalue weighted by atomic mass is 9.81. The van der Waals surface area contributed by atoms with Crippen LogP contribution in [0.2, 0.25) is 5.82 Å². The Bertz CT molecular complexity index is 402. The van der Waals surface area contributed by atoms with Crippen LogP contribution >= 0.6 is 0 Å². The van der Waals surface area contributed by atoms with Gasteiger partial charge in [-0.05, 0) is 30.9 Å². The van der Waals surface area contributed by atoms with Crippen LogP contribution in [0.15, 0.2) is 18.2 Å². The van der Waals surface area contributed by atoms with E-state index in [9.17, 15) is 0 Å². The van der Waals surface area contributed by atoms with E-state index in [4.69, 9.17) is 7.85 Å². The molecule has 0 saturated heterocycles. The van der Waals surface area contributed by atoms with Crippen LogP contribution < -0.4 is 5.32 Å². The molecule has 0 amide bonds. The molecule has 1 nitrogen and oxygen atoms in total. The summed E-state index contributed by atoms with van der Waals surface area (Å²) in [5, 5.41) is 3.71. The first kappa shape index (κ1) is 10.3. The lowest BCUT2D eigenvalue weighted by molar-refractivity contribution is 0.562.